The normalized spacial score (nSPS) is 16.4. The summed E-state index contributed by atoms with van der Waals surface area (Å²) in [5.41, 5.74) is 1.54. The number of rotatable bonds is 11. The second kappa shape index (κ2) is 14.8. The zero-order valence-electron chi connectivity index (χ0n) is 17.9. The molecule has 0 aliphatic carbocycles. The van der Waals surface area contributed by atoms with Crippen LogP contribution in [0, 0.1) is 11.7 Å². The molecule has 0 bridgehead atoms. The van der Waals surface area contributed by atoms with Crippen molar-refractivity contribution in [3.63, 3.8) is 0 Å². The number of nitrogens with one attached hydrogen (secondary N) is 2. The minimum Gasteiger partial charge on any atom is -0.381 e. The Morgan fingerprint density at radius 2 is 2.10 bits per heavy atom. The molecule has 2 N–H and O–H groups in total. The van der Waals surface area contributed by atoms with Crippen LogP contribution >= 0.6 is 24.0 Å². The van der Waals surface area contributed by atoms with Crippen LogP contribution in [0.3, 0.4) is 0 Å². The van der Waals surface area contributed by atoms with Crippen molar-refractivity contribution in [1.82, 2.24) is 10.6 Å². The first kappa shape index (κ1) is 25.9. The molecule has 1 saturated heterocycles. The van der Waals surface area contributed by atoms with Crippen molar-refractivity contribution >= 4 is 35.6 Å². The Labute approximate surface area is 191 Å². The fourth-order valence-corrected chi connectivity index (χ4v) is 3.23. The molecule has 29 heavy (non-hydrogen) atoms. The largest absolute Gasteiger partial charge is 0.381 e. The molecular weight excluding hydrogens is 486 g/mol. The van der Waals surface area contributed by atoms with E-state index >= 15 is 0 Å². The zero-order valence-corrected chi connectivity index (χ0v) is 20.2. The summed E-state index contributed by atoms with van der Waals surface area (Å²) in [6.07, 6.45) is 2.01. The Hall–Kier alpha value is -1.13. The van der Waals surface area contributed by atoms with Gasteiger partial charge in [-0.05, 0) is 44.4 Å². The smallest absolute Gasteiger partial charge is 0.191 e. The average molecular weight is 522 g/mol. The highest BCUT2D eigenvalue weighted by atomic mass is 127. The van der Waals surface area contributed by atoms with E-state index in [1.807, 2.05) is 30.9 Å². The molecule has 1 atom stereocenters. The van der Waals surface area contributed by atoms with Crippen LogP contribution in [0.5, 0.6) is 0 Å². The van der Waals surface area contributed by atoms with E-state index in [0.717, 1.165) is 64.5 Å². The predicted octanol–water partition coefficient (Wildman–Crippen LogP) is 3.40. The average Bonchev–Trinajstić information content (AvgIpc) is 3.22. The molecule has 0 radical (unpaired) electrons. The highest BCUT2D eigenvalue weighted by Crippen LogP contribution is 2.20. The van der Waals surface area contributed by atoms with Crippen molar-refractivity contribution in [3.8, 4) is 0 Å². The quantitative estimate of drug-likeness (QED) is 0.202. The minimum atomic E-state index is -0.184. The van der Waals surface area contributed by atoms with Gasteiger partial charge in [-0.25, -0.2) is 4.39 Å². The molecule has 0 amide bonds. The Morgan fingerprint density at radius 1 is 1.31 bits per heavy atom. The van der Waals surface area contributed by atoms with E-state index in [4.69, 9.17) is 9.47 Å². The fourth-order valence-electron chi connectivity index (χ4n) is 3.23. The molecule has 0 aromatic heterocycles. The third-order valence-corrected chi connectivity index (χ3v) is 4.94. The van der Waals surface area contributed by atoms with Gasteiger partial charge in [0.2, 0.25) is 0 Å². The number of hydrogen-bond donors (Lipinski definition) is 2. The number of anilines is 1. The first-order valence-electron chi connectivity index (χ1n) is 10.3. The molecule has 8 heteroatoms. The van der Waals surface area contributed by atoms with Crippen LogP contribution < -0.4 is 15.5 Å². The van der Waals surface area contributed by atoms with Crippen molar-refractivity contribution < 1.29 is 13.9 Å². The molecule has 6 nitrogen and oxygen atoms in total. The molecule has 166 valence electrons. The van der Waals surface area contributed by atoms with Gasteiger partial charge in [-0.15, -0.1) is 24.0 Å². The summed E-state index contributed by atoms with van der Waals surface area (Å²) in [5.74, 6) is 1.07. The SMILES string of the molecule is CCN(CC)c1ccc(CNC(=NC)NCCCOCC2CCOC2)cc1F.I. The number of hydrogen-bond acceptors (Lipinski definition) is 4. The van der Waals surface area contributed by atoms with Gasteiger partial charge in [0.05, 0.1) is 18.9 Å². The first-order chi connectivity index (χ1) is 13.7. The van der Waals surface area contributed by atoms with Crippen molar-refractivity contribution in [2.24, 2.45) is 10.9 Å². The van der Waals surface area contributed by atoms with Gasteiger partial charge in [0.1, 0.15) is 5.82 Å². The highest BCUT2D eigenvalue weighted by Gasteiger charge is 2.15. The topological polar surface area (TPSA) is 58.1 Å². The van der Waals surface area contributed by atoms with Crippen LogP contribution in [-0.4, -0.2) is 59.1 Å². The molecule has 1 heterocycles. The number of nitrogens with zero attached hydrogens (tertiary/aromatic N) is 2. The molecule has 0 saturated carbocycles. The second-order valence-electron chi connectivity index (χ2n) is 6.97. The fraction of sp³-hybridized carbons (Fsp3) is 0.667. The third-order valence-electron chi connectivity index (χ3n) is 4.94. The monoisotopic (exact) mass is 522 g/mol. The van der Waals surface area contributed by atoms with Crippen LogP contribution in [0.1, 0.15) is 32.3 Å². The lowest BCUT2D eigenvalue weighted by atomic mass is 10.1. The third kappa shape index (κ3) is 9.04. The van der Waals surface area contributed by atoms with Gasteiger partial charge in [-0.1, -0.05) is 6.07 Å². The number of aliphatic imine (C=N–C) groups is 1. The molecule has 1 aliphatic heterocycles. The van der Waals surface area contributed by atoms with Crippen LogP contribution in [0.25, 0.3) is 0 Å². The van der Waals surface area contributed by atoms with Crippen LogP contribution in [0.15, 0.2) is 23.2 Å². The van der Waals surface area contributed by atoms with Gasteiger partial charge in [-0.3, -0.25) is 4.99 Å². The molecule has 0 spiro atoms. The summed E-state index contributed by atoms with van der Waals surface area (Å²) in [4.78, 5) is 6.22. The van der Waals surface area contributed by atoms with Crippen molar-refractivity contribution in [2.75, 3.05) is 58.0 Å². The predicted molar refractivity (Wildman–Crippen MR) is 128 cm³/mol. The van der Waals surface area contributed by atoms with Crippen LogP contribution in [-0.2, 0) is 16.0 Å². The van der Waals surface area contributed by atoms with Gasteiger partial charge < -0.3 is 25.0 Å². The Morgan fingerprint density at radius 3 is 2.72 bits per heavy atom. The standard InChI is InChI=1S/C21H35FN4O2.HI/c1-4-26(5-2)20-8-7-17(13-19(20)22)14-25-21(23-3)24-10-6-11-27-15-18-9-12-28-16-18;/h7-8,13,18H,4-6,9-12,14-16H2,1-3H3,(H2,23,24,25);1H. The highest BCUT2D eigenvalue weighted by molar-refractivity contribution is 14.0. The first-order valence-corrected chi connectivity index (χ1v) is 10.3. The summed E-state index contributed by atoms with van der Waals surface area (Å²) in [6.45, 7) is 10.1. The van der Waals surface area contributed by atoms with Gasteiger partial charge in [-0.2, -0.15) is 0 Å². The number of ether oxygens (including phenoxy) is 2. The van der Waals surface area contributed by atoms with E-state index in [1.165, 1.54) is 0 Å². The Balaban J connectivity index is 0.00000420. The van der Waals surface area contributed by atoms with E-state index in [1.54, 1.807) is 13.1 Å². The van der Waals surface area contributed by atoms with E-state index in [2.05, 4.69) is 15.6 Å². The summed E-state index contributed by atoms with van der Waals surface area (Å²) >= 11 is 0. The maximum absolute atomic E-state index is 14.4. The lowest BCUT2D eigenvalue weighted by Crippen LogP contribution is -2.37. The van der Waals surface area contributed by atoms with Crippen molar-refractivity contribution in [1.29, 1.82) is 0 Å². The summed E-state index contributed by atoms with van der Waals surface area (Å²) < 4.78 is 25.4. The van der Waals surface area contributed by atoms with E-state index in [-0.39, 0.29) is 29.8 Å². The Kier molecular flexibility index (Phi) is 13.2. The number of guanidine groups is 1. The zero-order chi connectivity index (χ0) is 20.2. The minimum absolute atomic E-state index is 0. The second-order valence-corrected chi connectivity index (χ2v) is 6.97. The van der Waals surface area contributed by atoms with Crippen molar-refractivity contribution in [2.45, 2.75) is 33.2 Å². The van der Waals surface area contributed by atoms with E-state index in [9.17, 15) is 4.39 Å². The maximum atomic E-state index is 14.4. The van der Waals surface area contributed by atoms with Crippen molar-refractivity contribution in [3.05, 3.63) is 29.6 Å². The molecule has 2 rings (SSSR count). The van der Waals surface area contributed by atoms with Gasteiger partial charge >= 0.3 is 0 Å². The molecule has 1 aliphatic rings. The molecular formula is C21H36FIN4O2. The number of benzene rings is 1. The van der Waals surface area contributed by atoms with Crippen LogP contribution in [0.2, 0.25) is 0 Å². The van der Waals surface area contributed by atoms with Gasteiger partial charge in [0.15, 0.2) is 5.96 Å². The maximum Gasteiger partial charge on any atom is 0.191 e. The van der Waals surface area contributed by atoms with Gasteiger partial charge in [0, 0.05) is 52.4 Å². The van der Waals surface area contributed by atoms with E-state index in [0.29, 0.717) is 24.1 Å². The summed E-state index contributed by atoms with van der Waals surface area (Å²) in [7, 11) is 1.73. The lowest BCUT2D eigenvalue weighted by molar-refractivity contribution is 0.0888. The van der Waals surface area contributed by atoms with Crippen LogP contribution in [0.4, 0.5) is 10.1 Å². The summed E-state index contributed by atoms with van der Waals surface area (Å²) in [6, 6.07) is 5.40. The van der Waals surface area contributed by atoms with Gasteiger partial charge in [0.25, 0.3) is 0 Å². The molecule has 1 fully saturated rings. The Bertz CT molecular complexity index is 608. The summed E-state index contributed by atoms with van der Waals surface area (Å²) in [5, 5.41) is 6.49. The molecule has 1 unspecified atom stereocenters. The number of halogens is 2. The van der Waals surface area contributed by atoms with E-state index < -0.39 is 0 Å². The molecule has 1 aromatic carbocycles. The molecule has 1 aromatic rings. The lowest BCUT2D eigenvalue weighted by Gasteiger charge is -2.22.